The highest BCUT2D eigenvalue weighted by Gasteiger charge is 1.94. The smallest absolute Gasteiger partial charge is 0.158 e. The first-order valence-corrected chi connectivity index (χ1v) is 3.98. The number of pyridine rings is 1. The molecule has 12 heavy (non-hydrogen) atoms. The van der Waals surface area contributed by atoms with E-state index in [1.165, 1.54) is 0 Å². The number of aromatic nitrogens is 1. The second-order valence-corrected chi connectivity index (χ2v) is 2.34. The zero-order valence-corrected chi connectivity index (χ0v) is 7.20. The maximum absolute atomic E-state index is 4.19. The normalized spacial score (nSPS) is 10.4. The van der Waals surface area contributed by atoms with Crippen molar-refractivity contribution in [2.75, 3.05) is 0 Å². The van der Waals surface area contributed by atoms with Gasteiger partial charge < -0.3 is 0 Å². The van der Waals surface area contributed by atoms with Crippen LogP contribution in [0.15, 0.2) is 29.9 Å². The molecular formula is C10H12N2. The van der Waals surface area contributed by atoms with Gasteiger partial charge in [-0.3, -0.25) is 0 Å². The molecule has 62 valence electrons. The van der Waals surface area contributed by atoms with Crippen molar-refractivity contribution in [3.05, 3.63) is 30.5 Å². The lowest BCUT2D eigenvalue weighted by molar-refractivity contribution is 1.24. The summed E-state index contributed by atoms with van der Waals surface area (Å²) in [5, 5.41) is 0. The van der Waals surface area contributed by atoms with Gasteiger partial charge in [-0.25, -0.2) is 9.98 Å². The molecular weight excluding hydrogens is 148 g/mol. The van der Waals surface area contributed by atoms with Crippen molar-refractivity contribution >= 4 is 18.1 Å². The van der Waals surface area contributed by atoms with E-state index in [2.05, 4.69) is 16.6 Å². The van der Waals surface area contributed by atoms with Gasteiger partial charge in [-0.2, -0.15) is 0 Å². The molecule has 0 aromatic carbocycles. The van der Waals surface area contributed by atoms with Crippen molar-refractivity contribution in [1.82, 2.24) is 4.98 Å². The third kappa shape index (κ3) is 2.02. The molecule has 1 aromatic heterocycles. The Labute approximate surface area is 72.7 Å². The van der Waals surface area contributed by atoms with E-state index in [1.54, 1.807) is 12.3 Å². The van der Waals surface area contributed by atoms with Gasteiger partial charge in [-0.15, -0.1) is 0 Å². The second-order valence-electron chi connectivity index (χ2n) is 2.34. The Bertz CT molecular complexity index is 290. The number of rotatable bonds is 3. The van der Waals surface area contributed by atoms with Gasteiger partial charge in [0, 0.05) is 18.0 Å². The van der Waals surface area contributed by atoms with Crippen molar-refractivity contribution in [2.45, 2.75) is 13.3 Å². The van der Waals surface area contributed by atoms with Gasteiger partial charge in [-0.1, -0.05) is 19.6 Å². The molecule has 1 aromatic rings. The summed E-state index contributed by atoms with van der Waals surface area (Å²) in [5.74, 6) is 0.745. The number of nitrogens with zero attached hydrogens (tertiary/aromatic N) is 2. The highest BCUT2D eigenvalue weighted by molar-refractivity contribution is 5.67. The third-order valence-electron chi connectivity index (χ3n) is 1.43. The third-order valence-corrected chi connectivity index (χ3v) is 1.43. The van der Waals surface area contributed by atoms with E-state index in [1.807, 2.05) is 25.3 Å². The van der Waals surface area contributed by atoms with Crippen LogP contribution in [0.1, 0.15) is 18.9 Å². The van der Waals surface area contributed by atoms with E-state index < -0.39 is 0 Å². The molecule has 2 heteroatoms. The molecule has 0 bridgehead atoms. The minimum atomic E-state index is 0.745. The molecule has 1 heterocycles. The van der Waals surface area contributed by atoms with E-state index in [0.717, 1.165) is 17.8 Å². The Kier molecular flexibility index (Phi) is 3.20. The molecule has 1 rings (SSSR count). The lowest BCUT2D eigenvalue weighted by Gasteiger charge is -1.96. The molecule has 0 spiro atoms. The average Bonchev–Trinajstić information content (AvgIpc) is 2.15. The van der Waals surface area contributed by atoms with E-state index in [-0.39, 0.29) is 0 Å². The van der Waals surface area contributed by atoms with Crippen LogP contribution in [0, 0.1) is 0 Å². The van der Waals surface area contributed by atoms with Crippen LogP contribution in [0.5, 0.6) is 0 Å². The Morgan fingerprint density at radius 1 is 1.67 bits per heavy atom. The number of hydrogen-bond acceptors (Lipinski definition) is 2. The van der Waals surface area contributed by atoms with Crippen LogP contribution in [0.3, 0.4) is 0 Å². The van der Waals surface area contributed by atoms with Gasteiger partial charge >= 0.3 is 0 Å². The van der Waals surface area contributed by atoms with Crippen molar-refractivity contribution in [3.8, 4) is 0 Å². The average molecular weight is 160 g/mol. The maximum atomic E-state index is 4.19. The number of aliphatic imine (C=N–C) groups is 1. The summed E-state index contributed by atoms with van der Waals surface area (Å²) in [5.41, 5.74) is 0.974. The van der Waals surface area contributed by atoms with Gasteiger partial charge in [-0.05, 0) is 18.6 Å². The lowest BCUT2D eigenvalue weighted by Crippen LogP contribution is -1.79. The summed E-state index contributed by atoms with van der Waals surface area (Å²) in [6.45, 7) is 5.73. The van der Waals surface area contributed by atoms with Crippen LogP contribution in [0.25, 0.3) is 6.08 Å². The standard InChI is InChI=1S/C10H12N2/c1-3-7-11-10-9(4-2)6-5-8-12-10/h4-8H,2-3H2,1H3/b11-7-. The van der Waals surface area contributed by atoms with Crippen LogP contribution in [-0.2, 0) is 0 Å². The minimum absolute atomic E-state index is 0.745. The highest BCUT2D eigenvalue weighted by Crippen LogP contribution is 2.15. The highest BCUT2D eigenvalue weighted by atomic mass is 14.9. The predicted molar refractivity (Wildman–Crippen MR) is 52.8 cm³/mol. The van der Waals surface area contributed by atoms with Crippen LogP contribution >= 0.6 is 0 Å². The Balaban J connectivity index is 2.96. The van der Waals surface area contributed by atoms with Gasteiger partial charge in [0.05, 0.1) is 0 Å². The monoisotopic (exact) mass is 160 g/mol. The molecule has 0 aliphatic rings. The van der Waals surface area contributed by atoms with Crippen LogP contribution < -0.4 is 0 Å². The molecule has 0 aliphatic heterocycles. The summed E-state index contributed by atoms with van der Waals surface area (Å²) >= 11 is 0. The molecule has 0 saturated carbocycles. The maximum Gasteiger partial charge on any atom is 0.158 e. The molecule has 0 unspecified atom stereocenters. The lowest BCUT2D eigenvalue weighted by atomic mass is 10.2. The number of hydrogen-bond donors (Lipinski definition) is 0. The molecule has 0 saturated heterocycles. The SMILES string of the molecule is C=Cc1cccnc1/N=C\CC. The summed E-state index contributed by atoms with van der Waals surface area (Å²) in [7, 11) is 0. The van der Waals surface area contributed by atoms with Crippen molar-refractivity contribution in [3.63, 3.8) is 0 Å². The Morgan fingerprint density at radius 3 is 3.17 bits per heavy atom. The molecule has 2 nitrogen and oxygen atoms in total. The van der Waals surface area contributed by atoms with Crippen molar-refractivity contribution in [1.29, 1.82) is 0 Å². The Morgan fingerprint density at radius 2 is 2.50 bits per heavy atom. The van der Waals surface area contributed by atoms with Crippen LogP contribution in [0.2, 0.25) is 0 Å². The zero-order valence-electron chi connectivity index (χ0n) is 7.20. The second kappa shape index (κ2) is 4.44. The van der Waals surface area contributed by atoms with Gasteiger partial charge in [0.2, 0.25) is 0 Å². The summed E-state index contributed by atoms with van der Waals surface area (Å²) in [6, 6.07) is 3.82. The summed E-state index contributed by atoms with van der Waals surface area (Å²) < 4.78 is 0. The van der Waals surface area contributed by atoms with Gasteiger partial charge in [0.15, 0.2) is 5.82 Å². The molecule has 0 aliphatic carbocycles. The topological polar surface area (TPSA) is 25.2 Å². The fraction of sp³-hybridized carbons (Fsp3) is 0.200. The fourth-order valence-electron chi connectivity index (χ4n) is 0.854. The first-order chi connectivity index (χ1) is 5.88. The first-order valence-electron chi connectivity index (χ1n) is 3.98. The predicted octanol–water partition coefficient (Wildman–Crippen LogP) is 2.84. The van der Waals surface area contributed by atoms with Crippen molar-refractivity contribution in [2.24, 2.45) is 4.99 Å². The largest absolute Gasteiger partial charge is 0.241 e. The molecule has 0 fully saturated rings. The van der Waals surface area contributed by atoms with E-state index in [4.69, 9.17) is 0 Å². The molecule has 0 radical (unpaired) electrons. The summed E-state index contributed by atoms with van der Waals surface area (Å²) in [4.78, 5) is 8.31. The summed E-state index contributed by atoms with van der Waals surface area (Å²) in [6.07, 6.45) is 6.26. The molecule has 0 atom stereocenters. The van der Waals surface area contributed by atoms with Crippen LogP contribution in [0.4, 0.5) is 5.82 Å². The molecule has 0 N–H and O–H groups in total. The van der Waals surface area contributed by atoms with E-state index in [0.29, 0.717) is 0 Å². The first kappa shape index (κ1) is 8.65. The fourth-order valence-corrected chi connectivity index (χ4v) is 0.854. The van der Waals surface area contributed by atoms with Gasteiger partial charge in [0.25, 0.3) is 0 Å². The van der Waals surface area contributed by atoms with Crippen LogP contribution in [-0.4, -0.2) is 11.2 Å². The van der Waals surface area contributed by atoms with Gasteiger partial charge in [0.1, 0.15) is 0 Å². The van der Waals surface area contributed by atoms with Crippen molar-refractivity contribution < 1.29 is 0 Å². The Hall–Kier alpha value is -1.44. The minimum Gasteiger partial charge on any atom is -0.241 e. The van der Waals surface area contributed by atoms with E-state index in [9.17, 15) is 0 Å². The van der Waals surface area contributed by atoms with E-state index >= 15 is 0 Å². The zero-order chi connectivity index (χ0) is 8.81. The molecule has 0 amide bonds. The quantitative estimate of drug-likeness (QED) is 0.624.